The first-order valence-electron chi connectivity index (χ1n) is 9.17. The van der Waals surface area contributed by atoms with E-state index in [2.05, 4.69) is 53.8 Å². The number of rotatable bonds is 3. The minimum absolute atomic E-state index is 0.566. The van der Waals surface area contributed by atoms with Crippen LogP contribution in [0.25, 0.3) is 22.5 Å². The quantitative estimate of drug-likeness (QED) is 0.725. The average molecular weight is 327 g/mol. The Labute approximate surface area is 148 Å². The van der Waals surface area contributed by atoms with E-state index in [-0.39, 0.29) is 0 Å². The molecule has 3 aromatic rings. The summed E-state index contributed by atoms with van der Waals surface area (Å²) in [4.78, 5) is 10.2. The monoisotopic (exact) mass is 327 g/mol. The van der Waals surface area contributed by atoms with Gasteiger partial charge in [0.05, 0.1) is 17.1 Å². The van der Waals surface area contributed by atoms with Crippen molar-refractivity contribution in [2.45, 2.75) is 25.2 Å². The second-order valence-electron chi connectivity index (χ2n) is 7.05. The number of nitrogens with one attached hydrogen (secondary N) is 1. The molecule has 0 amide bonds. The third-order valence-corrected chi connectivity index (χ3v) is 5.31. The molecule has 0 bridgehead atoms. The molecule has 3 nitrogen and oxygen atoms in total. The van der Waals surface area contributed by atoms with Crippen LogP contribution in [0.15, 0.2) is 60.7 Å². The van der Waals surface area contributed by atoms with Gasteiger partial charge in [-0.15, -0.1) is 0 Å². The van der Waals surface area contributed by atoms with Crippen molar-refractivity contribution < 1.29 is 0 Å². The number of hydrogen-bond acceptors (Lipinski definition) is 3. The largest absolute Gasteiger partial charge is 0.369 e. The first-order chi connectivity index (χ1) is 12.4. The van der Waals surface area contributed by atoms with E-state index >= 15 is 0 Å². The summed E-state index contributed by atoms with van der Waals surface area (Å²) in [6.07, 6.45) is 3.85. The molecule has 1 saturated carbocycles. The molecule has 3 heteroatoms. The summed E-state index contributed by atoms with van der Waals surface area (Å²) in [6, 6.07) is 20.8. The molecule has 1 aromatic heterocycles. The summed E-state index contributed by atoms with van der Waals surface area (Å²) < 4.78 is 0. The van der Waals surface area contributed by atoms with Crippen LogP contribution in [0.2, 0.25) is 0 Å². The summed E-state index contributed by atoms with van der Waals surface area (Å²) in [7, 11) is 0. The van der Waals surface area contributed by atoms with Crippen molar-refractivity contribution in [1.29, 1.82) is 0 Å². The maximum Gasteiger partial charge on any atom is 0.148 e. The van der Waals surface area contributed by atoms with Gasteiger partial charge in [0.2, 0.25) is 0 Å². The average Bonchev–Trinajstić information content (AvgIpc) is 3.53. The number of aromatic nitrogens is 2. The Kier molecular flexibility index (Phi) is 3.51. The Morgan fingerprint density at radius 2 is 1.32 bits per heavy atom. The lowest BCUT2D eigenvalue weighted by Crippen LogP contribution is -2.21. The third kappa shape index (κ3) is 2.70. The van der Waals surface area contributed by atoms with E-state index in [1.807, 2.05) is 12.1 Å². The lowest BCUT2D eigenvalue weighted by Gasteiger charge is -2.26. The molecule has 1 fully saturated rings. The van der Waals surface area contributed by atoms with Crippen LogP contribution in [-0.2, 0) is 0 Å². The molecule has 1 aliphatic carbocycles. The number of nitrogens with zero attached hydrogens (tertiary/aromatic N) is 2. The van der Waals surface area contributed by atoms with Crippen LogP contribution in [0.3, 0.4) is 0 Å². The van der Waals surface area contributed by atoms with E-state index in [0.29, 0.717) is 5.92 Å². The van der Waals surface area contributed by atoms with Gasteiger partial charge in [-0.05, 0) is 25.2 Å². The van der Waals surface area contributed by atoms with Crippen LogP contribution >= 0.6 is 0 Å². The second-order valence-corrected chi connectivity index (χ2v) is 7.05. The zero-order valence-electron chi connectivity index (χ0n) is 14.2. The highest BCUT2D eigenvalue weighted by Crippen LogP contribution is 2.48. The summed E-state index contributed by atoms with van der Waals surface area (Å²) in [6.45, 7) is 1.00. The molecular formula is C22H21N3. The van der Waals surface area contributed by atoms with E-state index in [4.69, 9.17) is 9.97 Å². The highest BCUT2D eigenvalue weighted by atomic mass is 15.0. The van der Waals surface area contributed by atoms with Gasteiger partial charge >= 0.3 is 0 Å². The maximum absolute atomic E-state index is 5.18. The van der Waals surface area contributed by atoms with E-state index in [1.54, 1.807) is 0 Å². The number of anilines is 1. The van der Waals surface area contributed by atoms with Crippen LogP contribution in [0.1, 0.15) is 30.9 Å². The van der Waals surface area contributed by atoms with Gasteiger partial charge in [0.25, 0.3) is 0 Å². The first-order valence-corrected chi connectivity index (χ1v) is 9.17. The highest BCUT2D eigenvalue weighted by Gasteiger charge is 2.37. The molecule has 1 unspecified atom stereocenters. The van der Waals surface area contributed by atoms with Gasteiger partial charge in [0.15, 0.2) is 0 Å². The lowest BCUT2D eigenvalue weighted by molar-refractivity contribution is 0.542. The lowest BCUT2D eigenvalue weighted by atomic mass is 9.92. The normalized spacial score (nSPS) is 19.1. The molecule has 0 spiro atoms. The second kappa shape index (κ2) is 5.99. The topological polar surface area (TPSA) is 37.8 Å². The first kappa shape index (κ1) is 14.6. The van der Waals surface area contributed by atoms with Gasteiger partial charge in [-0.3, -0.25) is 0 Å². The van der Waals surface area contributed by atoms with Crippen LogP contribution in [0.4, 0.5) is 5.82 Å². The van der Waals surface area contributed by atoms with Crippen molar-refractivity contribution in [1.82, 2.24) is 9.97 Å². The van der Waals surface area contributed by atoms with E-state index in [9.17, 15) is 0 Å². The third-order valence-electron chi connectivity index (χ3n) is 5.31. The number of fused-ring (bicyclic) bond motifs is 1. The van der Waals surface area contributed by atoms with Gasteiger partial charge < -0.3 is 5.32 Å². The highest BCUT2D eigenvalue weighted by molar-refractivity contribution is 5.79. The number of benzene rings is 2. The molecule has 25 heavy (non-hydrogen) atoms. The van der Waals surface area contributed by atoms with Gasteiger partial charge in [-0.1, -0.05) is 60.7 Å². The van der Waals surface area contributed by atoms with Crippen LogP contribution in [-0.4, -0.2) is 16.5 Å². The fourth-order valence-electron chi connectivity index (χ4n) is 3.87. The zero-order chi connectivity index (χ0) is 16.6. The minimum atomic E-state index is 0.566. The number of hydrogen-bond donors (Lipinski definition) is 1. The van der Waals surface area contributed by atoms with E-state index in [0.717, 1.165) is 40.8 Å². The summed E-state index contributed by atoms with van der Waals surface area (Å²) in [5, 5.41) is 3.49. The minimum Gasteiger partial charge on any atom is -0.369 e. The molecule has 2 aromatic carbocycles. The van der Waals surface area contributed by atoms with Gasteiger partial charge in [-0.25, -0.2) is 9.97 Å². The van der Waals surface area contributed by atoms with Crippen LogP contribution < -0.4 is 5.32 Å². The predicted octanol–water partition coefficient (Wildman–Crippen LogP) is 5.12. The van der Waals surface area contributed by atoms with Gasteiger partial charge in [0.1, 0.15) is 5.82 Å². The van der Waals surface area contributed by atoms with Gasteiger partial charge in [0, 0.05) is 23.6 Å². The van der Waals surface area contributed by atoms with Crippen LogP contribution in [0, 0.1) is 5.92 Å². The molecule has 124 valence electrons. The molecule has 0 radical (unpaired) electrons. The van der Waals surface area contributed by atoms with Crippen LogP contribution in [0.5, 0.6) is 0 Å². The summed E-state index contributed by atoms with van der Waals surface area (Å²) >= 11 is 0. The van der Waals surface area contributed by atoms with Crippen molar-refractivity contribution in [3.63, 3.8) is 0 Å². The fourth-order valence-corrected chi connectivity index (χ4v) is 3.87. The Bertz CT molecular complexity index is 886. The van der Waals surface area contributed by atoms with E-state index in [1.165, 1.54) is 25.0 Å². The summed E-state index contributed by atoms with van der Waals surface area (Å²) in [5.74, 6) is 2.36. The predicted molar refractivity (Wildman–Crippen MR) is 101 cm³/mol. The van der Waals surface area contributed by atoms with Crippen molar-refractivity contribution in [3.05, 3.63) is 66.4 Å². The van der Waals surface area contributed by atoms with Crippen molar-refractivity contribution >= 4 is 5.82 Å². The van der Waals surface area contributed by atoms with Gasteiger partial charge in [-0.2, -0.15) is 0 Å². The van der Waals surface area contributed by atoms with E-state index < -0.39 is 0 Å². The summed E-state index contributed by atoms with van der Waals surface area (Å²) in [5.41, 5.74) is 5.39. The Morgan fingerprint density at radius 1 is 0.720 bits per heavy atom. The molecular weight excluding hydrogens is 306 g/mol. The molecule has 0 saturated heterocycles. The fraction of sp³-hybridized carbons (Fsp3) is 0.273. The molecule has 1 aliphatic heterocycles. The SMILES string of the molecule is c1ccc(-c2nc3c(nc2-c2ccccc2)C(C2CC2)CCN3)cc1. The standard InChI is InChI=1S/C22H21N3/c1-3-7-16(8-4-1)19-20(17-9-5-2-6-10-17)25-22-21(24-19)18(13-14-23-22)15-11-12-15/h1-10,15,18H,11-14H2,(H,23,25). The maximum atomic E-state index is 5.18. The molecule has 2 aliphatic rings. The zero-order valence-corrected chi connectivity index (χ0v) is 14.2. The Balaban J connectivity index is 1.72. The molecule has 2 heterocycles. The van der Waals surface area contributed by atoms with Crippen molar-refractivity contribution in [2.75, 3.05) is 11.9 Å². The molecule has 1 N–H and O–H groups in total. The smallest absolute Gasteiger partial charge is 0.148 e. The molecule has 1 atom stereocenters. The van der Waals surface area contributed by atoms with Crippen molar-refractivity contribution in [3.8, 4) is 22.5 Å². The Hall–Kier alpha value is -2.68. The van der Waals surface area contributed by atoms with Crippen molar-refractivity contribution in [2.24, 2.45) is 5.92 Å². The molecule has 5 rings (SSSR count). The Morgan fingerprint density at radius 3 is 1.92 bits per heavy atom.